The molecule has 0 aromatic rings. The minimum atomic E-state index is -1.66. The van der Waals surface area contributed by atoms with Crippen LogP contribution in [-0.4, -0.2) is 110 Å². The Hall–Kier alpha value is -1.41. The first kappa shape index (κ1) is 61.6. The molecule has 9 atom stereocenters. The Kier molecular flexibility index (Phi) is 41.6. The van der Waals surface area contributed by atoms with Crippen molar-refractivity contribution in [3.63, 3.8) is 0 Å². The van der Waals surface area contributed by atoms with Gasteiger partial charge in [-0.15, -0.1) is 0 Å². The van der Waals surface area contributed by atoms with Crippen molar-refractivity contribution in [3.8, 4) is 0 Å². The fourth-order valence-electron chi connectivity index (χ4n) is 8.72. The van der Waals surface area contributed by atoms with E-state index in [2.05, 4.69) is 43.5 Å². The second kappa shape index (κ2) is 43.8. The molecule has 9 unspecified atom stereocenters. The molecule has 0 radical (unpaired) electrons. The van der Waals surface area contributed by atoms with E-state index in [1.54, 1.807) is 0 Å². The molecule has 0 aliphatic carbocycles. The molecule has 1 amide bonds. The summed E-state index contributed by atoms with van der Waals surface area (Å²) in [4.78, 5) is 13.1. The zero-order valence-electron chi connectivity index (χ0n) is 41.7. The third-order valence-electron chi connectivity index (χ3n) is 13.2. The maximum Gasteiger partial charge on any atom is 0.249 e. The fourth-order valence-corrected chi connectivity index (χ4v) is 8.72. The van der Waals surface area contributed by atoms with E-state index in [-0.39, 0.29) is 12.8 Å². The van der Waals surface area contributed by atoms with E-state index in [1.807, 2.05) is 0 Å². The molecule has 0 aromatic heterocycles. The number of carbonyl (C=O) groups is 1. The lowest BCUT2D eigenvalue weighted by atomic mass is 9.98. The zero-order valence-corrected chi connectivity index (χ0v) is 41.7. The van der Waals surface area contributed by atoms with Crippen molar-refractivity contribution in [3.05, 3.63) is 24.3 Å². The largest absolute Gasteiger partial charge is 0.394 e. The molecule has 1 aliphatic heterocycles. The summed E-state index contributed by atoms with van der Waals surface area (Å²) in [6.45, 7) is 3.35. The SMILES string of the molecule is CCCC/C=C/CCCC(O)C(O)C(COC1OC(CO)C(O)C(O)C1O)NC(=O)C(O)CCCCCCCCCCCCCCCCC/C=C\CCCCCCCCCCCCCC. The maximum atomic E-state index is 13.1. The third kappa shape index (κ3) is 32.9. The van der Waals surface area contributed by atoms with Gasteiger partial charge in [0.15, 0.2) is 6.29 Å². The van der Waals surface area contributed by atoms with E-state index in [9.17, 15) is 40.5 Å². The van der Waals surface area contributed by atoms with Crippen LogP contribution in [-0.2, 0) is 14.3 Å². The van der Waals surface area contributed by atoms with Gasteiger partial charge in [0.2, 0.25) is 5.91 Å². The van der Waals surface area contributed by atoms with Crippen molar-refractivity contribution in [2.75, 3.05) is 13.2 Å². The number of nitrogens with one attached hydrogen (secondary N) is 1. The normalized spacial score (nSPS) is 21.0. The lowest BCUT2D eigenvalue weighted by molar-refractivity contribution is -0.303. The molecule has 384 valence electrons. The van der Waals surface area contributed by atoms with Gasteiger partial charge in [-0.25, -0.2) is 0 Å². The molecule has 0 saturated carbocycles. The van der Waals surface area contributed by atoms with Crippen molar-refractivity contribution < 1.29 is 50.0 Å². The highest BCUT2D eigenvalue weighted by Crippen LogP contribution is 2.23. The second-order valence-corrected chi connectivity index (χ2v) is 19.3. The summed E-state index contributed by atoms with van der Waals surface area (Å²) in [5, 5.41) is 75.4. The molecule has 11 nitrogen and oxygen atoms in total. The summed E-state index contributed by atoms with van der Waals surface area (Å²) in [6.07, 6.45) is 40.2. The van der Waals surface area contributed by atoms with Gasteiger partial charge in [0.25, 0.3) is 0 Å². The molecule has 8 N–H and O–H groups in total. The van der Waals surface area contributed by atoms with Crippen LogP contribution in [0.4, 0.5) is 0 Å². The molecule has 0 spiro atoms. The monoisotopic (exact) mass is 926 g/mol. The van der Waals surface area contributed by atoms with Crippen LogP contribution in [0.1, 0.15) is 245 Å². The first-order valence-corrected chi connectivity index (χ1v) is 27.2. The van der Waals surface area contributed by atoms with Crippen molar-refractivity contribution in [2.24, 2.45) is 0 Å². The van der Waals surface area contributed by atoms with Crippen LogP contribution >= 0.6 is 0 Å². The highest BCUT2D eigenvalue weighted by Gasteiger charge is 2.44. The van der Waals surface area contributed by atoms with Crippen LogP contribution in [0, 0.1) is 0 Å². The van der Waals surface area contributed by atoms with E-state index in [1.165, 1.54) is 161 Å². The number of allylic oxidation sites excluding steroid dienone is 4. The Morgan fingerprint density at radius 1 is 0.523 bits per heavy atom. The van der Waals surface area contributed by atoms with E-state index in [0.717, 1.165) is 44.9 Å². The minimum Gasteiger partial charge on any atom is -0.394 e. The number of carbonyl (C=O) groups excluding carboxylic acids is 1. The number of aliphatic hydroxyl groups excluding tert-OH is 7. The molecule has 1 fully saturated rings. The van der Waals surface area contributed by atoms with Gasteiger partial charge in [0.1, 0.15) is 36.6 Å². The molecule has 1 aliphatic rings. The average molecular weight is 926 g/mol. The predicted octanol–water partition coefficient (Wildman–Crippen LogP) is 10.6. The highest BCUT2D eigenvalue weighted by molar-refractivity contribution is 5.80. The van der Waals surface area contributed by atoms with Gasteiger partial charge in [-0.2, -0.15) is 0 Å². The van der Waals surface area contributed by atoms with Crippen molar-refractivity contribution in [1.82, 2.24) is 5.32 Å². The van der Waals surface area contributed by atoms with E-state index in [0.29, 0.717) is 12.8 Å². The molecule has 1 saturated heterocycles. The van der Waals surface area contributed by atoms with Gasteiger partial charge in [-0.3, -0.25) is 4.79 Å². The number of hydrogen-bond acceptors (Lipinski definition) is 10. The number of unbranched alkanes of at least 4 members (excludes halogenated alkanes) is 30. The number of amides is 1. The van der Waals surface area contributed by atoms with Gasteiger partial charge in [0, 0.05) is 0 Å². The maximum absolute atomic E-state index is 13.1. The molecule has 65 heavy (non-hydrogen) atoms. The summed E-state index contributed by atoms with van der Waals surface area (Å²) in [5.41, 5.74) is 0. The summed E-state index contributed by atoms with van der Waals surface area (Å²) >= 11 is 0. The molecular weight excluding hydrogens is 823 g/mol. The van der Waals surface area contributed by atoms with E-state index < -0.39 is 74.2 Å². The number of ether oxygens (including phenoxy) is 2. The summed E-state index contributed by atoms with van der Waals surface area (Å²) in [6, 6.07) is -1.18. The molecule has 1 heterocycles. The Morgan fingerprint density at radius 2 is 0.923 bits per heavy atom. The Morgan fingerprint density at radius 3 is 1.37 bits per heavy atom. The van der Waals surface area contributed by atoms with Crippen LogP contribution in [0.15, 0.2) is 24.3 Å². The summed E-state index contributed by atoms with van der Waals surface area (Å²) in [5.74, 6) is -0.708. The Labute approximate surface area is 397 Å². The van der Waals surface area contributed by atoms with Gasteiger partial charge in [0.05, 0.1) is 25.4 Å². The standard InChI is InChI=1S/C54H103NO10/c1-3-5-7-9-11-12-13-14-15-16-17-18-19-20-21-22-23-24-25-26-27-28-29-30-31-32-33-34-36-38-40-42-47(58)53(63)55-45(49(59)46(57)41-39-37-35-10-8-6-4-2)44-64-54-52(62)51(61)50(60)48(43-56)65-54/h10,20-21,35,45-52,54,56-62H,3-9,11-19,22-34,36-44H2,1-2H3,(H,55,63)/b21-20-,35-10+. The van der Waals surface area contributed by atoms with Crippen molar-refractivity contribution in [1.29, 1.82) is 0 Å². The van der Waals surface area contributed by atoms with Crippen LogP contribution in [0.3, 0.4) is 0 Å². The van der Waals surface area contributed by atoms with E-state index in [4.69, 9.17) is 9.47 Å². The third-order valence-corrected chi connectivity index (χ3v) is 13.2. The van der Waals surface area contributed by atoms with Gasteiger partial charge in [-0.1, -0.05) is 212 Å². The Balaban J connectivity index is 2.14. The second-order valence-electron chi connectivity index (χ2n) is 19.3. The van der Waals surface area contributed by atoms with Gasteiger partial charge < -0.3 is 50.5 Å². The van der Waals surface area contributed by atoms with Crippen LogP contribution in [0.25, 0.3) is 0 Å². The first-order chi connectivity index (χ1) is 31.7. The Bertz CT molecular complexity index is 1110. The average Bonchev–Trinajstić information content (AvgIpc) is 3.31. The van der Waals surface area contributed by atoms with Crippen LogP contribution in [0.5, 0.6) is 0 Å². The van der Waals surface area contributed by atoms with Gasteiger partial charge in [-0.05, 0) is 57.8 Å². The highest BCUT2D eigenvalue weighted by atomic mass is 16.7. The summed E-state index contributed by atoms with van der Waals surface area (Å²) < 4.78 is 11.0. The molecule has 1 rings (SSSR count). The predicted molar refractivity (Wildman–Crippen MR) is 266 cm³/mol. The first-order valence-electron chi connectivity index (χ1n) is 27.2. The van der Waals surface area contributed by atoms with Crippen LogP contribution in [0.2, 0.25) is 0 Å². The summed E-state index contributed by atoms with van der Waals surface area (Å²) in [7, 11) is 0. The fraction of sp³-hybridized carbons (Fsp3) is 0.907. The molecular formula is C54H103NO10. The zero-order chi connectivity index (χ0) is 47.6. The van der Waals surface area contributed by atoms with Crippen molar-refractivity contribution in [2.45, 2.75) is 300 Å². The lowest BCUT2D eigenvalue weighted by Crippen LogP contribution is -2.60. The van der Waals surface area contributed by atoms with Crippen molar-refractivity contribution >= 4 is 5.91 Å². The number of aliphatic hydroxyl groups is 7. The number of hydrogen-bond donors (Lipinski definition) is 8. The quantitative estimate of drug-likeness (QED) is 0.0216. The lowest BCUT2D eigenvalue weighted by Gasteiger charge is -2.40. The van der Waals surface area contributed by atoms with Gasteiger partial charge >= 0.3 is 0 Å². The molecule has 0 aromatic carbocycles. The molecule has 11 heteroatoms. The topological polar surface area (TPSA) is 189 Å². The molecule has 0 bridgehead atoms. The number of rotatable bonds is 46. The van der Waals surface area contributed by atoms with Crippen LogP contribution < -0.4 is 5.32 Å². The smallest absolute Gasteiger partial charge is 0.249 e. The van der Waals surface area contributed by atoms with E-state index >= 15 is 0 Å². The minimum absolute atomic E-state index is 0.256.